The number of rotatable bonds is 6. The third kappa shape index (κ3) is 4.33. The van der Waals surface area contributed by atoms with E-state index < -0.39 is 22.8 Å². The lowest BCUT2D eigenvalue weighted by atomic mass is 10.2. The number of nitrogens with zero attached hydrogens (tertiary/aromatic N) is 1. The molecule has 0 fully saturated rings. The fourth-order valence-electron chi connectivity index (χ4n) is 3.08. The minimum Gasteiger partial charge on any atom is -0.503 e. The van der Waals surface area contributed by atoms with Crippen LogP contribution in [0.4, 0.5) is 0 Å². The van der Waals surface area contributed by atoms with Gasteiger partial charge in [-0.25, -0.2) is 4.79 Å². The van der Waals surface area contributed by atoms with Crippen LogP contribution in [0.25, 0.3) is 10.9 Å². The molecule has 3 aromatic rings. The Hall–Kier alpha value is -3.26. The van der Waals surface area contributed by atoms with E-state index in [0.29, 0.717) is 21.6 Å². The maximum Gasteiger partial charge on any atom is 0.342 e. The number of hydrogen-bond acceptors (Lipinski definition) is 6. The quantitative estimate of drug-likeness (QED) is 0.368. The maximum absolute atomic E-state index is 12.8. The third-order valence-electron chi connectivity index (χ3n) is 4.57. The van der Waals surface area contributed by atoms with Crippen molar-refractivity contribution < 1.29 is 24.2 Å². The lowest BCUT2D eigenvalue weighted by molar-refractivity contribution is -0.131. The van der Waals surface area contributed by atoms with Crippen molar-refractivity contribution in [2.45, 2.75) is 11.8 Å². The van der Waals surface area contributed by atoms with E-state index in [2.05, 4.69) is 0 Å². The zero-order valence-corrected chi connectivity index (χ0v) is 17.7. The van der Waals surface area contributed by atoms with E-state index in [1.807, 2.05) is 6.26 Å². The number of hydrogen-bond donors (Lipinski definition) is 1. The highest BCUT2D eigenvalue weighted by molar-refractivity contribution is 7.96. The highest BCUT2D eigenvalue weighted by atomic mass is 32.2. The molecule has 1 unspecified atom stereocenters. The molecule has 0 amide bonds. The van der Waals surface area contributed by atoms with Crippen molar-refractivity contribution in [1.82, 2.24) is 4.57 Å². The van der Waals surface area contributed by atoms with Gasteiger partial charge in [0.15, 0.2) is 5.75 Å². The Balaban J connectivity index is 1.75. The molecule has 0 aliphatic rings. The van der Waals surface area contributed by atoms with E-state index in [-0.39, 0.29) is 29.2 Å². The molecule has 1 N–H and O–H groups in total. The molecule has 0 aliphatic heterocycles. The van der Waals surface area contributed by atoms with Crippen molar-refractivity contribution >= 4 is 33.7 Å². The zero-order valence-electron chi connectivity index (χ0n) is 16.9. The predicted molar refractivity (Wildman–Crippen MR) is 115 cm³/mol. The van der Waals surface area contributed by atoms with Crippen LogP contribution < -0.4 is 10.3 Å². The first-order chi connectivity index (χ1) is 14.3. The smallest absolute Gasteiger partial charge is 0.342 e. The number of aromatic nitrogens is 1. The van der Waals surface area contributed by atoms with Crippen LogP contribution in [-0.2, 0) is 27.5 Å². The summed E-state index contributed by atoms with van der Waals surface area (Å²) in [5, 5.41) is 11.3. The second kappa shape index (κ2) is 9.04. The number of benzene rings is 2. The van der Waals surface area contributed by atoms with Crippen LogP contribution in [0, 0.1) is 0 Å². The van der Waals surface area contributed by atoms with Gasteiger partial charge in [-0.1, -0.05) is 24.3 Å². The van der Waals surface area contributed by atoms with Crippen molar-refractivity contribution in [3.05, 3.63) is 64.4 Å². The monoisotopic (exact) mass is 428 g/mol. The van der Waals surface area contributed by atoms with Gasteiger partial charge in [0, 0.05) is 30.3 Å². The number of fused-ring (bicyclic) bond motifs is 1. The van der Waals surface area contributed by atoms with Crippen LogP contribution in [0.5, 0.6) is 11.5 Å². The van der Waals surface area contributed by atoms with Gasteiger partial charge in [-0.3, -0.25) is 9.59 Å². The first-order valence-electron chi connectivity index (χ1n) is 9.19. The van der Waals surface area contributed by atoms with Gasteiger partial charge in [0.25, 0.3) is 4.90 Å². The molecular formula is C22H22NO6S+. The lowest BCUT2D eigenvalue weighted by Crippen LogP contribution is -2.27. The molecule has 3 rings (SSSR count). The van der Waals surface area contributed by atoms with Crippen LogP contribution in [0.15, 0.2) is 58.2 Å². The molecule has 156 valence electrons. The topological polar surface area (TPSA) is 94.8 Å². The standard InChI is InChI=1S/C22H21NO6S/c1-14(24)29-18-11-7-5-9-16(18)22(27)28-12-13-30(3)20-19(25)15-8-4-6-10-17(15)23(2)21(20)26/h4-11H,12-13H2,1-3H3/p+1. The Bertz CT molecular complexity index is 1170. The predicted octanol–water partition coefficient (Wildman–Crippen LogP) is 2.63. The molecule has 2 aromatic carbocycles. The largest absolute Gasteiger partial charge is 0.503 e. The van der Waals surface area contributed by atoms with E-state index in [1.54, 1.807) is 43.4 Å². The number of ether oxygens (including phenoxy) is 2. The number of aryl methyl sites for hydroxylation is 1. The lowest BCUT2D eigenvalue weighted by Gasteiger charge is -2.11. The van der Waals surface area contributed by atoms with Crippen LogP contribution >= 0.6 is 0 Å². The molecule has 0 radical (unpaired) electrons. The third-order valence-corrected chi connectivity index (χ3v) is 6.41. The number of carbonyl (C=O) groups is 2. The molecule has 1 aromatic heterocycles. The van der Waals surface area contributed by atoms with Crippen LogP contribution in [0.1, 0.15) is 17.3 Å². The van der Waals surface area contributed by atoms with E-state index in [1.165, 1.54) is 23.6 Å². The number of carbonyl (C=O) groups excluding carboxylic acids is 2. The first-order valence-corrected chi connectivity index (χ1v) is 11.0. The normalized spacial score (nSPS) is 11.8. The molecule has 7 nitrogen and oxygen atoms in total. The Morgan fingerprint density at radius 3 is 2.50 bits per heavy atom. The number of aromatic hydroxyl groups is 1. The van der Waals surface area contributed by atoms with Gasteiger partial charge in [0.05, 0.1) is 5.52 Å². The molecule has 0 spiro atoms. The van der Waals surface area contributed by atoms with Gasteiger partial charge in [0.1, 0.15) is 29.9 Å². The number of para-hydroxylation sites is 2. The second-order valence-electron chi connectivity index (χ2n) is 6.63. The Labute approximate surface area is 176 Å². The summed E-state index contributed by atoms with van der Waals surface area (Å²) in [5.41, 5.74) is 0.519. The Morgan fingerprint density at radius 1 is 1.10 bits per heavy atom. The van der Waals surface area contributed by atoms with Crippen LogP contribution in [0.3, 0.4) is 0 Å². The summed E-state index contributed by atoms with van der Waals surface area (Å²) < 4.78 is 11.9. The van der Waals surface area contributed by atoms with Crippen molar-refractivity contribution in [1.29, 1.82) is 0 Å². The first kappa shape index (κ1) is 21.4. The second-order valence-corrected chi connectivity index (χ2v) is 8.72. The molecule has 0 bridgehead atoms. The molecule has 1 heterocycles. The molecule has 0 saturated carbocycles. The zero-order chi connectivity index (χ0) is 21.8. The summed E-state index contributed by atoms with van der Waals surface area (Å²) in [5.74, 6) is -0.701. The molecule has 8 heteroatoms. The fraction of sp³-hybridized carbons (Fsp3) is 0.227. The van der Waals surface area contributed by atoms with Gasteiger partial charge >= 0.3 is 17.5 Å². The summed E-state index contributed by atoms with van der Waals surface area (Å²) in [7, 11) is 1.01. The molecule has 0 saturated heterocycles. The summed E-state index contributed by atoms with van der Waals surface area (Å²) in [6, 6.07) is 13.5. The summed E-state index contributed by atoms with van der Waals surface area (Å²) >= 11 is 0. The van der Waals surface area contributed by atoms with Gasteiger partial charge < -0.3 is 19.1 Å². The highest BCUT2D eigenvalue weighted by Gasteiger charge is 2.28. The van der Waals surface area contributed by atoms with E-state index in [0.717, 1.165) is 0 Å². The van der Waals surface area contributed by atoms with Crippen molar-refractivity contribution in [2.75, 3.05) is 18.6 Å². The van der Waals surface area contributed by atoms with Crippen molar-refractivity contribution in [2.24, 2.45) is 7.05 Å². The number of esters is 2. The minimum absolute atomic E-state index is 0.0361. The van der Waals surface area contributed by atoms with Crippen molar-refractivity contribution in [3.63, 3.8) is 0 Å². The minimum atomic E-state index is -0.656. The number of pyridine rings is 1. The molecule has 30 heavy (non-hydrogen) atoms. The summed E-state index contributed by atoms with van der Waals surface area (Å²) in [6.07, 6.45) is 1.83. The molecule has 1 atom stereocenters. The highest BCUT2D eigenvalue weighted by Crippen LogP contribution is 2.29. The van der Waals surface area contributed by atoms with Gasteiger partial charge in [0.2, 0.25) is 0 Å². The molecule has 0 aliphatic carbocycles. The van der Waals surface area contributed by atoms with Gasteiger partial charge in [-0.2, -0.15) is 0 Å². The van der Waals surface area contributed by atoms with Crippen LogP contribution in [0.2, 0.25) is 0 Å². The Kier molecular flexibility index (Phi) is 6.47. The Morgan fingerprint density at radius 2 is 1.77 bits per heavy atom. The van der Waals surface area contributed by atoms with Gasteiger partial charge in [-0.05, 0) is 24.3 Å². The van der Waals surface area contributed by atoms with E-state index in [9.17, 15) is 19.5 Å². The fourth-order valence-corrected chi connectivity index (χ4v) is 4.50. The van der Waals surface area contributed by atoms with Crippen molar-refractivity contribution in [3.8, 4) is 11.5 Å². The van der Waals surface area contributed by atoms with Gasteiger partial charge in [-0.15, -0.1) is 0 Å². The maximum atomic E-state index is 12.8. The van der Waals surface area contributed by atoms with Crippen LogP contribution in [-0.4, -0.2) is 40.2 Å². The molecular weight excluding hydrogens is 406 g/mol. The average molecular weight is 428 g/mol. The summed E-state index contributed by atoms with van der Waals surface area (Å²) in [4.78, 5) is 36.7. The SMILES string of the molecule is CC(=O)Oc1ccccc1C(=O)OCC[S+](C)c1c(O)c2ccccc2n(C)c1=O. The van der Waals surface area contributed by atoms with E-state index >= 15 is 0 Å². The van der Waals surface area contributed by atoms with E-state index in [4.69, 9.17) is 9.47 Å². The average Bonchev–Trinajstić information content (AvgIpc) is 2.72. The summed E-state index contributed by atoms with van der Waals surface area (Å²) in [6.45, 7) is 1.30.